The standard InChI is InChI=1S/C16H21NO5S/c1-2-21-16(18)14-5-3-4-9-17(14)23(19,20)13-6-7-15-12(11-13)8-10-22-15/h6-7,11,14H,2-5,8-10H2,1H3. The molecule has 0 amide bonds. The van der Waals surface area contributed by atoms with Crippen molar-refractivity contribution in [3.05, 3.63) is 23.8 Å². The average molecular weight is 339 g/mol. The van der Waals surface area contributed by atoms with Crippen LogP contribution in [0.15, 0.2) is 23.1 Å². The molecule has 1 fully saturated rings. The summed E-state index contributed by atoms with van der Waals surface area (Å²) in [7, 11) is -3.72. The third-order valence-corrected chi connectivity index (χ3v) is 6.18. The molecule has 126 valence electrons. The number of esters is 1. The Morgan fingerprint density at radius 2 is 2.22 bits per heavy atom. The summed E-state index contributed by atoms with van der Waals surface area (Å²) in [6, 6.07) is 4.18. The van der Waals surface area contributed by atoms with Crippen molar-refractivity contribution in [3.63, 3.8) is 0 Å². The minimum atomic E-state index is -3.72. The maximum Gasteiger partial charge on any atom is 0.324 e. The molecular weight excluding hydrogens is 318 g/mol. The summed E-state index contributed by atoms with van der Waals surface area (Å²) in [5.41, 5.74) is 0.899. The number of carbonyl (C=O) groups is 1. The van der Waals surface area contributed by atoms with Crippen molar-refractivity contribution < 1.29 is 22.7 Å². The molecule has 0 bridgehead atoms. The van der Waals surface area contributed by atoms with E-state index >= 15 is 0 Å². The molecule has 7 heteroatoms. The fourth-order valence-corrected chi connectivity index (χ4v) is 4.82. The third kappa shape index (κ3) is 3.07. The lowest BCUT2D eigenvalue weighted by Crippen LogP contribution is -2.48. The van der Waals surface area contributed by atoms with Crippen molar-refractivity contribution in [1.29, 1.82) is 0 Å². The minimum absolute atomic E-state index is 0.220. The number of ether oxygens (including phenoxy) is 2. The summed E-state index contributed by atoms with van der Waals surface area (Å²) in [4.78, 5) is 12.3. The Morgan fingerprint density at radius 3 is 3.00 bits per heavy atom. The maximum absolute atomic E-state index is 13.0. The number of hydrogen-bond donors (Lipinski definition) is 0. The average Bonchev–Trinajstić information content (AvgIpc) is 3.02. The number of sulfonamides is 1. The molecule has 0 saturated carbocycles. The van der Waals surface area contributed by atoms with Crippen molar-refractivity contribution in [2.24, 2.45) is 0 Å². The van der Waals surface area contributed by atoms with E-state index in [9.17, 15) is 13.2 Å². The Kier molecular flexibility index (Phi) is 4.59. The van der Waals surface area contributed by atoms with Gasteiger partial charge in [0.05, 0.1) is 18.1 Å². The molecule has 1 aromatic rings. The summed E-state index contributed by atoms with van der Waals surface area (Å²) in [5.74, 6) is 0.282. The van der Waals surface area contributed by atoms with Crippen molar-refractivity contribution in [3.8, 4) is 5.75 Å². The highest BCUT2D eigenvalue weighted by molar-refractivity contribution is 7.89. The van der Waals surface area contributed by atoms with Gasteiger partial charge in [0.15, 0.2) is 0 Å². The number of nitrogens with zero attached hydrogens (tertiary/aromatic N) is 1. The zero-order valence-electron chi connectivity index (χ0n) is 13.2. The van der Waals surface area contributed by atoms with Crippen LogP contribution in [0.5, 0.6) is 5.75 Å². The SMILES string of the molecule is CCOC(=O)C1CCCCN1S(=O)(=O)c1ccc2c(c1)CCO2. The van der Waals surface area contributed by atoms with Crippen molar-refractivity contribution >= 4 is 16.0 Å². The molecule has 2 heterocycles. The van der Waals surface area contributed by atoms with E-state index in [0.717, 1.165) is 24.2 Å². The van der Waals surface area contributed by atoms with Crippen molar-refractivity contribution in [1.82, 2.24) is 4.31 Å². The molecule has 0 N–H and O–H groups in total. The Bertz CT molecular complexity index is 700. The van der Waals surface area contributed by atoms with Crippen LogP contribution in [0.3, 0.4) is 0 Å². The number of benzene rings is 1. The van der Waals surface area contributed by atoms with E-state index in [1.807, 2.05) is 0 Å². The summed E-state index contributed by atoms with van der Waals surface area (Å²) in [6.45, 7) is 2.90. The van der Waals surface area contributed by atoms with Gasteiger partial charge in [0.1, 0.15) is 11.8 Å². The van der Waals surface area contributed by atoms with Crippen molar-refractivity contribution in [2.45, 2.75) is 43.5 Å². The van der Waals surface area contributed by atoms with Crippen LogP contribution < -0.4 is 4.74 Å². The Labute approximate surface area is 136 Å². The van der Waals surface area contributed by atoms with Gasteiger partial charge in [-0.05, 0) is 49.9 Å². The van der Waals surface area contributed by atoms with Gasteiger partial charge in [0.2, 0.25) is 10.0 Å². The Balaban J connectivity index is 1.92. The molecule has 2 aliphatic rings. The quantitative estimate of drug-likeness (QED) is 0.781. The summed E-state index contributed by atoms with van der Waals surface area (Å²) < 4.78 is 37.7. The summed E-state index contributed by atoms with van der Waals surface area (Å²) >= 11 is 0. The normalized spacial score (nSPS) is 21.5. The fourth-order valence-electron chi connectivity index (χ4n) is 3.13. The molecule has 3 rings (SSSR count). The first-order chi connectivity index (χ1) is 11.0. The van der Waals surface area contributed by atoms with Gasteiger partial charge in [-0.3, -0.25) is 4.79 Å². The molecule has 0 aromatic heterocycles. The van der Waals surface area contributed by atoms with E-state index in [4.69, 9.17) is 9.47 Å². The fraction of sp³-hybridized carbons (Fsp3) is 0.562. The maximum atomic E-state index is 13.0. The van der Waals surface area contributed by atoms with Crippen LogP contribution in [0.25, 0.3) is 0 Å². The molecule has 23 heavy (non-hydrogen) atoms. The highest BCUT2D eigenvalue weighted by Gasteiger charge is 2.38. The van der Waals surface area contributed by atoms with Gasteiger partial charge in [-0.25, -0.2) is 8.42 Å². The molecule has 1 unspecified atom stereocenters. The second-order valence-electron chi connectivity index (χ2n) is 5.75. The van der Waals surface area contributed by atoms with Crippen LogP contribution in [-0.2, 0) is 26.0 Å². The molecule has 6 nitrogen and oxygen atoms in total. The topological polar surface area (TPSA) is 72.9 Å². The predicted octanol–water partition coefficient (Wildman–Crippen LogP) is 1.73. The van der Waals surface area contributed by atoms with Crippen LogP contribution in [0.4, 0.5) is 0 Å². The van der Waals surface area contributed by atoms with Gasteiger partial charge < -0.3 is 9.47 Å². The lowest BCUT2D eigenvalue weighted by atomic mass is 10.1. The van der Waals surface area contributed by atoms with E-state index in [1.165, 1.54) is 4.31 Å². The third-order valence-electron chi connectivity index (χ3n) is 4.28. The van der Waals surface area contributed by atoms with E-state index in [2.05, 4.69) is 0 Å². The number of carbonyl (C=O) groups excluding carboxylic acids is 1. The highest BCUT2D eigenvalue weighted by Crippen LogP contribution is 2.31. The number of fused-ring (bicyclic) bond motifs is 1. The number of piperidine rings is 1. The highest BCUT2D eigenvalue weighted by atomic mass is 32.2. The molecular formula is C16H21NO5S. The lowest BCUT2D eigenvalue weighted by Gasteiger charge is -2.33. The summed E-state index contributed by atoms with van der Waals surface area (Å²) in [5, 5.41) is 0. The second-order valence-corrected chi connectivity index (χ2v) is 7.64. The Hall–Kier alpha value is -1.60. The van der Waals surface area contributed by atoms with E-state index < -0.39 is 22.0 Å². The molecule has 1 saturated heterocycles. The molecule has 0 radical (unpaired) electrons. The molecule has 1 aromatic carbocycles. The molecule has 0 aliphatic carbocycles. The zero-order chi connectivity index (χ0) is 16.4. The van der Waals surface area contributed by atoms with Gasteiger partial charge in [-0.1, -0.05) is 0 Å². The Morgan fingerprint density at radius 1 is 1.39 bits per heavy atom. The minimum Gasteiger partial charge on any atom is -0.493 e. The van der Waals surface area contributed by atoms with Crippen molar-refractivity contribution in [2.75, 3.05) is 19.8 Å². The monoisotopic (exact) mass is 339 g/mol. The van der Waals surface area contributed by atoms with Gasteiger partial charge in [-0.15, -0.1) is 0 Å². The van der Waals surface area contributed by atoms with Gasteiger partial charge in [0.25, 0.3) is 0 Å². The smallest absolute Gasteiger partial charge is 0.324 e. The van der Waals surface area contributed by atoms with Gasteiger partial charge in [-0.2, -0.15) is 4.31 Å². The molecule has 1 atom stereocenters. The van der Waals surface area contributed by atoms with E-state index in [1.54, 1.807) is 25.1 Å². The van der Waals surface area contributed by atoms with Gasteiger partial charge >= 0.3 is 5.97 Å². The largest absolute Gasteiger partial charge is 0.493 e. The van der Waals surface area contributed by atoms with Crippen LogP contribution in [0, 0.1) is 0 Å². The second kappa shape index (κ2) is 6.49. The van der Waals surface area contributed by atoms with Gasteiger partial charge in [0, 0.05) is 13.0 Å². The first kappa shape index (κ1) is 16.3. The first-order valence-corrected chi connectivity index (χ1v) is 9.42. The zero-order valence-corrected chi connectivity index (χ0v) is 14.0. The van der Waals surface area contributed by atoms with Crippen LogP contribution in [0.2, 0.25) is 0 Å². The summed E-state index contributed by atoms with van der Waals surface area (Å²) in [6.07, 6.45) is 2.79. The first-order valence-electron chi connectivity index (χ1n) is 7.98. The molecule has 0 spiro atoms. The predicted molar refractivity (Wildman–Crippen MR) is 83.8 cm³/mol. The number of hydrogen-bond acceptors (Lipinski definition) is 5. The lowest BCUT2D eigenvalue weighted by molar-refractivity contribution is -0.148. The number of rotatable bonds is 4. The molecule has 2 aliphatic heterocycles. The van der Waals surface area contributed by atoms with E-state index in [-0.39, 0.29) is 11.5 Å². The van der Waals surface area contributed by atoms with Crippen LogP contribution in [0.1, 0.15) is 31.7 Å². The van der Waals surface area contributed by atoms with Crippen LogP contribution in [-0.4, -0.2) is 44.5 Å². The van der Waals surface area contributed by atoms with E-state index in [0.29, 0.717) is 26.0 Å². The van der Waals surface area contributed by atoms with Crippen LogP contribution >= 0.6 is 0 Å².